The Morgan fingerprint density at radius 1 is 1.67 bits per heavy atom. The first-order valence-corrected chi connectivity index (χ1v) is 4.10. The van der Waals surface area contributed by atoms with Gasteiger partial charge in [0.25, 0.3) is 0 Å². The Kier molecular flexibility index (Phi) is 3.10. The predicted molar refractivity (Wildman–Crippen MR) is 50.1 cm³/mol. The van der Waals surface area contributed by atoms with Gasteiger partial charge in [0.05, 0.1) is 6.61 Å². The largest absolute Gasteiger partial charge is 0.482 e. The Morgan fingerprint density at radius 3 is 3.00 bits per heavy atom. The summed E-state index contributed by atoms with van der Waals surface area (Å²) in [5.41, 5.74) is 1.65. The van der Waals surface area contributed by atoms with Crippen LogP contribution in [0.5, 0.6) is 0 Å². The van der Waals surface area contributed by atoms with E-state index < -0.39 is 0 Å². The van der Waals surface area contributed by atoms with Gasteiger partial charge in [-0.1, -0.05) is 0 Å². The summed E-state index contributed by atoms with van der Waals surface area (Å²) in [6, 6.07) is 0. The van der Waals surface area contributed by atoms with Crippen molar-refractivity contribution in [2.45, 2.75) is 13.8 Å². The zero-order chi connectivity index (χ0) is 8.97. The van der Waals surface area contributed by atoms with Gasteiger partial charge in [-0.15, -0.1) is 0 Å². The molecule has 4 heteroatoms. The van der Waals surface area contributed by atoms with E-state index in [1.54, 1.807) is 6.20 Å². The van der Waals surface area contributed by atoms with E-state index in [-0.39, 0.29) is 0 Å². The van der Waals surface area contributed by atoms with Gasteiger partial charge in [0.15, 0.2) is 0 Å². The van der Waals surface area contributed by atoms with Gasteiger partial charge in [-0.05, 0) is 31.6 Å². The number of aromatic nitrogens is 2. The number of rotatable bonds is 2. The zero-order valence-electron chi connectivity index (χ0n) is 7.07. The lowest BCUT2D eigenvalue weighted by Crippen LogP contribution is -2.07. The predicted octanol–water partition coefficient (Wildman–Crippen LogP) is 1.50. The van der Waals surface area contributed by atoms with E-state index in [9.17, 15) is 0 Å². The van der Waals surface area contributed by atoms with Crippen LogP contribution in [0, 0.1) is 6.92 Å². The second-order valence-corrected chi connectivity index (χ2v) is 2.65. The van der Waals surface area contributed by atoms with Crippen LogP contribution in [-0.4, -0.2) is 21.6 Å². The van der Waals surface area contributed by atoms with E-state index in [4.69, 9.17) is 17.0 Å². The molecule has 12 heavy (non-hydrogen) atoms. The molecule has 1 aromatic rings. The van der Waals surface area contributed by atoms with Gasteiger partial charge < -0.3 is 4.74 Å². The molecule has 0 amide bonds. The summed E-state index contributed by atoms with van der Waals surface area (Å²) in [4.78, 5) is 7.88. The maximum absolute atomic E-state index is 5.15. The van der Waals surface area contributed by atoms with Crippen molar-refractivity contribution < 1.29 is 4.74 Å². The van der Waals surface area contributed by atoms with Crippen LogP contribution in [0.4, 0.5) is 0 Å². The van der Waals surface area contributed by atoms with Crippen LogP contribution < -0.4 is 0 Å². The molecule has 0 aliphatic rings. The van der Waals surface area contributed by atoms with E-state index in [0.717, 1.165) is 5.56 Å². The third-order valence-corrected chi connectivity index (χ3v) is 1.68. The van der Waals surface area contributed by atoms with Crippen molar-refractivity contribution in [3.8, 4) is 0 Å². The van der Waals surface area contributed by atoms with Crippen molar-refractivity contribution in [2.75, 3.05) is 6.61 Å². The Balaban J connectivity index is 2.87. The maximum atomic E-state index is 5.15. The van der Waals surface area contributed by atoms with Crippen LogP contribution in [0.15, 0.2) is 12.5 Å². The third-order valence-electron chi connectivity index (χ3n) is 1.36. The second kappa shape index (κ2) is 4.11. The highest BCUT2D eigenvalue weighted by Gasteiger charge is 2.05. The molecule has 0 aliphatic heterocycles. The lowest BCUT2D eigenvalue weighted by Gasteiger charge is -2.05. The summed E-state index contributed by atoms with van der Waals surface area (Å²) in [5, 5.41) is 0.442. The molecule has 0 bridgehead atoms. The van der Waals surface area contributed by atoms with Gasteiger partial charge in [0, 0.05) is 6.20 Å². The summed E-state index contributed by atoms with van der Waals surface area (Å²) in [6.07, 6.45) is 3.18. The summed E-state index contributed by atoms with van der Waals surface area (Å²) in [5.74, 6) is 0. The minimum absolute atomic E-state index is 0.442. The van der Waals surface area contributed by atoms with Gasteiger partial charge >= 0.3 is 0 Å². The molecule has 0 radical (unpaired) electrons. The normalized spacial score (nSPS) is 9.50. The van der Waals surface area contributed by atoms with Gasteiger partial charge in [0.2, 0.25) is 5.05 Å². The van der Waals surface area contributed by atoms with Crippen molar-refractivity contribution in [2.24, 2.45) is 0 Å². The van der Waals surface area contributed by atoms with E-state index in [1.165, 1.54) is 6.33 Å². The van der Waals surface area contributed by atoms with Gasteiger partial charge in [0.1, 0.15) is 12.0 Å². The van der Waals surface area contributed by atoms with E-state index in [2.05, 4.69) is 9.97 Å². The van der Waals surface area contributed by atoms with Crippen LogP contribution >= 0.6 is 12.2 Å². The molecule has 0 atom stereocenters. The second-order valence-electron chi connectivity index (χ2n) is 2.27. The van der Waals surface area contributed by atoms with Gasteiger partial charge in [-0.25, -0.2) is 9.97 Å². The fourth-order valence-electron chi connectivity index (χ4n) is 0.812. The molecule has 0 saturated heterocycles. The van der Waals surface area contributed by atoms with Gasteiger partial charge in [-0.3, -0.25) is 0 Å². The summed E-state index contributed by atoms with van der Waals surface area (Å²) < 4.78 is 5.15. The molecule has 0 aromatic carbocycles. The molecule has 1 aromatic heterocycles. The smallest absolute Gasteiger partial charge is 0.210 e. The lowest BCUT2D eigenvalue weighted by molar-refractivity contribution is 0.336. The van der Waals surface area contributed by atoms with Crippen molar-refractivity contribution in [1.82, 2.24) is 9.97 Å². The van der Waals surface area contributed by atoms with Crippen LogP contribution in [0.1, 0.15) is 18.2 Å². The van der Waals surface area contributed by atoms with Crippen molar-refractivity contribution in [3.05, 3.63) is 23.8 Å². The Labute approximate surface area is 76.8 Å². The first kappa shape index (κ1) is 9.06. The topological polar surface area (TPSA) is 35.0 Å². The van der Waals surface area contributed by atoms with Crippen LogP contribution in [-0.2, 0) is 4.74 Å². The number of ether oxygens (including phenoxy) is 1. The zero-order valence-corrected chi connectivity index (χ0v) is 7.89. The number of nitrogens with zero attached hydrogens (tertiary/aromatic N) is 2. The molecule has 0 spiro atoms. The molecule has 3 nitrogen and oxygen atoms in total. The Morgan fingerprint density at radius 2 is 2.42 bits per heavy atom. The minimum atomic E-state index is 0.442. The molecule has 0 N–H and O–H groups in total. The SMILES string of the molecule is CCOC(=S)c1ncncc1C. The van der Waals surface area contributed by atoms with E-state index in [1.807, 2.05) is 13.8 Å². The third kappa shape index (κ3) is 1.98. The van der Waals surface area contributed by atoms with Crippen molar-refractivity contribution in [3.63, 3.8) is 0 Å². The van der Waals surface area contributed by atoms with Gasteiger partial charge in [-0.2, -0.15) is 0 Å². The molecule has 1 rings (SSSR count). The lowest BCUT2D eigenvalue weighted by atomic mass is 10.3. The quantitative estimate of drug-likeness (QED) is 0.649. The molecule has 0 saturated carbocycles. The molecule has 0 fully saturated rings. The highest BCUT2D eigenvalue weighted by molar-refractivity contribution is 7.80. The van der Waals surface area contributed by atoms with Crippen LogP contribution in [0.25, 0.3) is 0 Å². The summed E-state index contributed by atoms with van der Waals surface area (Å²) in [7, 11) is 0. The molecule has 64 valence electrons. The fourth-order valence-corrected chi connectivity index (χ4v) is 1.14. The first-order chi connectivity index (χ1) is 5.75. The average molecular weight is 182 g/mol. The van der Waals surface area contributed by atoms with E-state index >= 15 is 0 Å². The highest BCUT2D eigenvalue weighted by Crippen LogP contribution is 2.04. The van der Waals surface area contributed by atoms with Crippen molar-refractivity contribution >= 4 is 17.3 Å². The Bertz CT molecular complexity index is 288. The number of thiocarbonyl (C=S) groups is 1. The van der Waals surface area contributed by atoms with E-state index in [0.29, 0.717) is 17.4 Å². The number of hydrogen-bond acceptors (Lipinski definition) is 4. The summed E-state index contributed by atoms with van der Waals surface area (Å²) >= 11 is 4.99. The first-order valence-electron chi connectivity index (χ1n) is 3.69. The minimum Gasteiger partial charge on any atom is -0.482 e. The Hall–Kier alpha value is -1.03. The summed E-state index contributed by atoms with van der Waals surface area (Å²) in [6.45, 7) is 4.37. The standard InChI is InChI=1S/C8H10N2OS/c1-3-11-8(12)7-6(2)4-9-5-10-7/h4-5H,3H2,1-2H3. The highest BCUT2D eigenvalue weighted by atomic mass is 32.1. The molecular formula is C8H10N2OS. The monoisotopic (exact) mass is 182 g/mol. The average Bonchev–Trinajstić information content (AvgIpc) is 2.05. The molecule has 0 unspecified atom stereocenters. The number of aryl methyl sites for hydroxylation is 1. The molecule has 1 heterocycles. The van der Waals surface area contributed by atoms with Crippen LogP contribution in [0.3, 0.4) is 0 Å². The number of hydrogen-bond donors (Lipinski definition) is 0. The fraction of sp³-hybridized carbons (Fsp3) is 0.375. The van der Waals surface area contributed by atoms with Crippen molar-refractivity contribution in [1.29, 1.82) is 0 Å². The van der Waals surface area contributed by atoms with Crippen LogP contribution in [0.2, 0.25) is 0 Å². The maximum Gasteiger partial charge on any atom is 0.210 e. The molecule has 0 aliphatic carbocycles. The molecular weight excluding hydrogens is 172 g/mol.